The van der Waals surface area contributed by atoms with Crippen LogP contribution in [0.25, 0.3) is 0 Å². The van der Waals surface area contributed by atoms with E-state index in [1.165, 1.54) is 0 Å². The molecule has 1 amide bonds. The quantitative estimate of drug-likeness (QED) is 0.653. The fraction of sp³-hybridized carbons (Fsp3) is 0.417. The fourth-order valence-electron chi connectivity index (χ4n) is 1.39. The Labute approximate surface area is 100 Å². The van der Waals surface area contributed by atoms with Crippen LogP contribution in [0.3, 0.4) is 0 Å². The van der Waals surface area contributed by atoms with Crippen LogP contribution < -0.4 is 10.1 Å². The first kappa shape index (κ1) is 13.5. The molecular formula is C12H17NO4. The highest BCUT2D eigenvalue weighted by atomic mass is 16.5. The number of aliphatic hydroxyl groups is 2. The maximum atomic E-state index is 11.2. The highest BCUT2D eigenvalue weighted by Crippen LogP contribution is 2.24. The second kappa shape index (κ2) is 6.22. The largest absolute Gasteiger partial charge is 0.483 e. The minimum atomic E-state index is -1.61. The van der Waals surface area contributed by atoms with Crippen LogP contribution in [0.5, 0.6) is 5.75 Å². The van der Waals surface area contributed by atoms with Crippen molar-refractivity contribution in [2.75, 3.05) is 13.2 Å². The molecule has 0 unspecified atom stereocenters. The summed E-state index contributed by atoms with van der Waals surface area (Å²) in [6.45, 7) is 4.04. The first-order chi connectivity index (χ1) is 8.04. The summed E-state index contributed by atoms with van der Waals surface area (Å²) in [6, 6.07) is 5.00. The summed E-state index contributed by atoms with van der Waals surface area (Å²) < 4.78 is 5.24. The molecule has 0 aliphatic heterocycles. The Balaban J connectivity index is 2.73. The van der Waals surface area contributed by atoms with Crippen molar-refractivity contribution in [1.82, 2.24) is 5.32 Å². The van der Waals surface area contributed by atoms with Gasteiger partial charge in [0.15, 0.2) is 12.9 Å². The lowest BCUT2D eigenvalue weighted by molar-refractivity contribution is -0.123. The number of benzene rings is 1. The number of aryl methyl sites for hydroxylation is 1. The maximum absolute atomic E-state index is 11.2. The summed E-state index contributed by atoms with van der Waals surface area (Å²) in [7, 11) is 0. The number of rotatable bonds is 5. The highest BCUT2D eigenvalue weighted by molar-refractivity contribution is 5.77. The van der Waals surface area contributed by atoms with Gasteiger partial charge >= 0.3 is 0 Å². The zero-order chi connectivity index (χ0) is 12.8. The van der Waals surface area contributed by atoms with Crippen molar-refractivity contribution in [2.45, 2.75) is 20.1 Å². The van der Waals surface area contributed by atoms with Gasteiger partial charge in [0.05, 0.1) is 0 Å². The summed E-state index contributed by atoms with van der Waals surface area (Å²) in [5.41, 5.74) is 1.15. The van der Waals surface area contributed by atoms with Crippen LogP contribution in [0, 0.1) is 6.92 Å². The van der Waals surface area contributed by atoms with Crippen molar-refractivity contribution < 1.29 is 19.7 Å². The van der Waals surface area contributed by atoms with E-state index in [0.717, 1.165) is 5.56 Å². The third-order valence-corrected chi connectivity index (χ3v) is 2.18. The van der Waals surface area contributed by atoms with Crippen LogP contribution >= 0.6 is 0 Å². The minimum Gasteiger partial charge on any atom is -0.483 e. The summed E-state index contributed by atoms with van der Waals surface area (Å²) in [4.78, 5) is 11.2. The number of hydrogen-bond acceptors (Lipinski definition) is 4. The molecule has 17 heavy (non-hydrogen) atoms. The van der Waals surface area contributed by atoms with E-state index in [-0.39, 0.29) is 18.1 Å². The number of amides is 1. The maximum Gasteiger partial charge on any atom is 0.257 e. The molecule has 0 aromatic heterocycles. The molecule has 0 spiro atoms. The van der Waals surface area contributed by atoms with Gasteiger partial charge in [-0.15, -0.1) is 0 Å². The monoisotopic (exact) mass is 239 g/mol. The van der Waals surface area contributed by atoms with E-state index >= 15 is 0 Å². The van der Waals surface area contributed by atoms with E-state index < -0.39 is 6.29 Å². The van der Waals surface area contributed by atoms with Crippen molar-refractivity contribution in [3.05, 3.63) is 29.3 Å². The van der Waals surface area contributed by atoms with Gasteiger partial charge in [0.1, 0.15) is 5.75 Å². The number of hydrogen-bond donors (Lipinski definition) is 3. The van der Waals surface area contributed by atoms with Gasteiger partial charge in [-0.3, -0.25) is 4.79 Å². The molecule has 5 nitrogen and oxygen atoms in total. The molecule has 94 valence electrons. The van der Waals surface area contributed by atoms with Crippen molar-refractivity contribution in [1.29, 1.82) is 0 Å². The Kier molecular flexibility index (Phi) is 4.93. The third-order valence-electron chi connectivity index (χ3n) is 2.18. The second-order valence-corrected chi connectivity index (χ2v) is 3.66. The van der Waals surface area contributed by atoms with Crippen molar-refractivity contribution in [3.8, 4) is 5.75 Å². The molecule has 0 atom stereocenters. The van der Waals surface area contributed by atoms with E-state index in [9.17, 15) is 15.0 Å². The normalized spacial score (nSPS) is 10.4. The van der Waals surface area contributed by atoms with Crippen molar-refractivity contribution in [2.24, 2.45) is 0 Å². The highest BCUT2D eigenvalue weighted by Gasteiger charge is 2.12. The van der Waals surface area contributed by atoms with Crippen LogP contribution in [0.15, 0.2) is 18.2 Å². The summed E-state index contributed by atoms with van der Waals surface area (Å²) in [5.74, 6) is 0.0586. The molecule has 1 aromatic carbocycles. The summed E-state index contributed by atoms with van der Waals surface area (Å²) in [6.07, 6.45) is -1.61. The van der Waals surface area contributed by atoms with E-state index in [2.05, 4.69) is 5.32 Å². The molecule has 1 rings (SSSR count). The molecule has 0 radical (unpaired) electrons. The van der Waals surface area contributed by atoms with Crippen LogP contribution in [-0.2, 0) is 4.79 Å². The Morgan fingerprint density at radius 1 is 1.47 bits per heavy atom. The summed E-state index contributed by atoms with van der Waals surface area (Å²) in [5, 5.41) is 20.9. The van der Waals surface area contributed by atoms with Crippen molar-refractivity contribution >= 4 is 5.91 Å². The van der Waals surface area contributed by atoms with E-state index in [0.29, 0.717) is 12.3 Å². The van der Waals surface area contributed by atoms with Gasteiger partial charge in [0.2, 0.25) is 0 Å². The number of carbonyl (C=O) groups excluding carboxylic acids is 1. The summed E-state index contributed by atoms with van der Waals surface area (Å²) >= 11 is 0. The first-order valence-electron chi connectivity index (χ1n) is 5.40. The smallest absolute Gasteiger partial charge is 0.257 e. The first-order valence-corrected chi connectivity index (χ1v) is 5.40. The zero-order valence-corrected chi connectivity index (χ0v) is 9.93. The zero-order valence-electron chi connectivity index (χ0n) is 9.93. The van der Waals surface area contributed by atoms with E-state index in [4.69, 9.17) is 4.74 Å². The molecule has 5 heteroatoms. The number of aliphatic hydroxyl groups excluding tert-OH is 1. The lowest BCUT2D eigenvalue weighted by atomic mass is 10.1. The predicted octanol–water partition coefficient (Wildman–Crippen LogP) is 0.493. The molecule has 0 bridgehead atoms. The van der Waals surface area contributed by atoms with Crippen LogP contribution in [0.4, 0.5) is 0 Å². The molecule has 0 saturated carbocycles. The topological polar surface area (TPSA) is 78.8 Å². The molecule has 0 saturated heterocycles. The third kappa shape index (κ3) is 4.05. The SMILES string of the molecule is CCNC(=O)COc1ccc(C)cc1C(O)O. The molecule has 0 aliphatic carbocycles. The van der Waals surface area contributed by atoms with Gasteiger partial charge in [0, 0.05) is 12.1 Å². The van der Waals surface area contributed by atoms with Gasteiger partial charge in [-0.25, -0.2) is 0 Å². The lowest BCUT2D eigenvalue weighted by Gasteiger charge is -2.13. The number of carbonyl (C=O) groups is 1. The minimum absolute atomic E-state index is 0.142. The Hall–Kier alpha value is -1.59. The van der Waals surface area contributed by atoms with Gasteiger partial charge in [-0.05, 0) is 26.0 Å². The molecule has 0 fully saturated rings. The van der Waals surface area contributed by atoms with E-state index in [1.807, 2.05) is 13.8 Å². The Morgan fingerprint density at radius 3 is 2.76 bits per heavy atom. The Bertz CT molecular complexity index is 390. The number of likely N-dealkylation sites (N-methyl/N-ethyl adjacent to an activating group) is 1. The van der Waals surface area contributed by atoms with Gasteiger partial charge in [0.25, 0.3) is 5.91 Å². The van der Waals surface area contributed by atoms with Gasteiger partial charge < -0.3 is 20.3 Å². The molecule has 0 aliphatic rings. The predicted molar refractivity (Wildman–Crippen MR) is 62.5 cm³/mol. The molecule has 3 N–H and O–H groups in total. The fourth-order valence-corrected chi connectivity index (χ4v) is 1.39. The van der Waals surface area contributed by atoms with Crippen LogP contribution in [0.1, 0.15) is 24.3 Å². The van der Waals surface area contributed by atoms with E-state index in [1.54, 1.807) is 18.2 Å². The average Bonchev–Trinajstić information content (AvgIpc) is 2.27. The Morgan fingerprint density at radius 2 is 2.18 bits per heavy atom. The average molecular weight is 239 g/mol. The number of nitrogens with one attached hydrogen (secondary N) is 1. The molecule has 0 heterocycles. The standard InChI is InChI=1S/C12H17NO4/c1-3-13-11(14)7-17-10-5-4-8(2)6-9(10)12(15)16/h4-6,12,15-16H,3,7H2,1-2H3,(H,13,14). The lowest BCUT2D eigenvalue weighted by Crippen LogP contribution is -2.28. The molecular weight excluding hydrogens is 222 g/mol. The number of ether oxygens (including phenoxy) is 1. The second-order valence-electron chi connectivity index (χ2n) is 3.66. The van der Waals surface area contributed by atoms with Crippen molar-refractivity contribution in [3.63, 3.8) is 0 Å². The van der Waals surface area contributed by atoms with Gasteiger partial charge in [-0.1, -0.05) is 11.6 Å². The molecule has 1 aromatic rings. The van der Waals surface area contributed by atoms with Gasteiger partial charge in [-0.2, -0.15) is 0 Å². The van der Waals surface area contributed by atoms with Crippen LogP contribution in [0.2, 0.25) is 0 Å². The van der Waals surface area contributed by atoms with Crippen LogP contribution in [-0.4, -0.2) is 29.3 Å².